The van der Waals surface area contributed by atoms with E-state index in [1.165, 1.54) is 29.1 Å². The molecule has 4 rings (SSSR count). The third kappa shape index (κ3) is 2.12. The molecule has 2 heterocycles. The summed E-state index contributed by atoms with van der Waals surface area (Å²) in [5.41, 5.74) is 1.21. The molecule has 0 aliphatic heterocycles. The van der Waals surface area contributed by atoms with E-state index in [9.17, 15) is 9.18 Å². The lowest BCUT2D eigenvalue weighted by atomic mass is 10.2. The van der Waals surface area contributed by atoms with Crippen molar-refractivity contribution in [2.75, 3.05) is 0 Å². The van der Waals surface area contributed by atoms with Gasteiger partial charge in [0.15, 0.2) is 0 Å². The summed E-state index contributed by atoms with van der Waals surface area (Å²) in [6.45, 7) is 0.426. The normalized spacial score (nSPS) is 14.7. The molecule has 0 saturated heterocycles. The van der Waals surface area contributed by atoms with Crippen molar-refractivity contribution >= 4 is 10.9 Å². The lowest BCUT2D eigenvalue weighted by Crippen LogP contribution is -2.22. The van der Waals surface area contributed by atoms with Crippen LogP contribution in [0.25, 0.3) is 10.9 Å². The molecule has 1 aliphatic carbocycles. The fourth-order valence-corrected chi connectivity index (χ4v) is 2.55. The van der Waals surface area contributed by atoms with Crippen molar-refractivity contribution in [3.05, 3.63) is 58.9 Å². The van der Waals surface area contributed by atoms with Gasteiger partial charge < -0.3 is 4.57 Å². The maximum Gasteiger partial charge on any atom is 0.261 e. The van der Waals surface area contributed by atoms with Crippen LogP contribution in [0.15, 0.2) is 41.8 Å². The van der Waals surface area contributed by atoms with Gasteiger partial charge in [0.1, 0.15) is 5.82 Å². The van der Waals surface area contributed by atoms with Gasteiger partial charge in [-0.2, -0.15) is 0 Å². The van der Waals surface area contributed by atoms with Crippen LogP contribution in [0.2, 0.25) is 0 Å². The van der Waals surface area contributed by atoms with E-state index in [0.717, 1.165) is 18.5 Å². The van der Waals surface area contributed by atoms with Crippen molar-refractivity contribution in [3.8, 4) is 0 Å². The molecule has 0 N–H and O–H groups in total. The molecule has 0 unspecified atom stereocenters. The van der Waals surface area contributed by atoms with Gasteiger partial charge in [0.2, 0.25) is 0 Å². The van der Waals surface area contributed by atoms with Gasteiger partial charge in [0.05, 0.1) is 35.8 Å². The zero-order valence-electron chi connectivity index (χ0n) is 11.2. The summed E-state index contributed by atoms with van der Waals surface area (Å²) in [6, 6.07) is 4.55. The highest BCUT2D eigenvalue weighted by Crippen LogP contribution is 2.35. The van der Waals surface area contributed by atoms with E-state index in [1.807, 2.05) is 6.33 Å². The Hall–Kier alpha value is -2.50. The molecule has 0 bridgehead atoms. The Labute approximate surface area is 119 Å². The lowest BCUT2D eigenvalue weighted by Gasteiger charge is -2.09. The zero-order chi connectivity index (χ0) is 14.4. The highest BCUT2D eigenvalue weighted by molar-refractivity contribution is 5.77. The first-order chi connectivity index (χ1) is 10.2. The van der Waals surface area contributed by atoms with Crippen molar-refractivity contribution in [1.29, 1.82) is 0 Å². The third-order valence-corrected chi connectivity index (χ3v) is 3.81. The highest BCUT2D eigenvalue weighted by atomic mass is 19.1. The van der Waals surface area contributed by atoms with Gasteiger partial charge in [0, 0.05) is 18.3 Å². The molecule has 5 nitrogen and oxygen atoms in total. The molecule has 3 aromatic rings. The van der Waals surface area contributed by atoms with E-state index in [2.05, 4.69) is 14.5 Å². The first kappa shape index (κ1) is 12.3. The van der Waals surface area contributed by atoms with Gasteiger partial charge in [-0.25, -0.2) is 14.4 Å². The Morgan fingerprint density at radius 2 is 2.14 bits per heavy atom. The van der Waals surface area contributed by atoms with Crippen LogP contribution in [0.5, 0.6) is 0 Å². The summed E-state index contributed by atoms with van der Waals surface area (Å²) >= 11 is 0. The van der Waals surface area contributed by atoms with Crippen LogP contribution >= 0.6 is 0 Å². The van der Waals surface area contributed by atoms with Crippen LogP contribution in [-0.2, 0) is 6.54 Å². The van der Waals surface area contributed by atoms with E-state index in [-0.39, 0.29) is 11.4 Å². The highest BCUT2D eigenvalue weighted by Gasteiger charge is 2.25. The van der Waals surface area contributed by atoms with Crippen LogP contribution in [0, 0.1) is 5.82 Å². The minimum atomic E-state index is -0.390. The van der Waals surface area contributed by atoms with Crippen molar-refractivity contribution in [2.45, 2.75) is 25.4 Å². The number of aromatic nitrogens is 4. The Bertz CT molecular complexity index is 879. The number of hydrogen-bond acceptors (Lipinski definition) is 3. The van der Waals surface area contributed by atoms with Crippen LogP contribution in [-0.4, -0.2) is 19.1 Å². The molecule has 1 saturated carbocycles. The molecule has 106 valence electrons. The second kappa shape index (κ2) is 4.51. The molecular formula is C15H13FN4O. The molecule has 0 radical (unpaired) electrons. The van der Waals surface area contributed by atoms with E-state index in [4.69, 9.17) is 0 Å². The van der Waals surface area contributed by atoms with E-state index >= 15 is 0 Å². The Morgan fingerprint density at radius 3 is 2.95 bits per heavy atom. The van der Waals surface area contributed by atoms with Gasteiger partial charge in [-0.3, -0.25) is 9.36 Å². The average Bonchev–Trinajstić information content (AvgIpc) is 3.22. The minimum Gasteiger partial charge on any atom is -0.330 e. The first-order valence-electron chi connectivity index (χ1n) is 6.88. The molecule has 6 heteroatoms. The van der Waals surface area contributed by atoms with Gasteiger partial charge in [0.25, 0.3) is 5.56 Å². The lowest BCUT2D eigenvalue weighted by molar-refractivity contribution is 0.627. The number of hydrogen-bond donors (Lipinski definition) is 0. The molecular weight excluding hydrogens is 271 g/mol. The van der Waals surface area contributed by atoms with Crippen LogP contribution < -0.4 is 5.56 Å². The summed E-state index contributed by atoms with van der Waals surface area (Å²) in [5, 5.41) is 0.427. The van der Waals surface area contributed by atoms with Gasteiger partial charge in [-0.05, 0) is 25.0 Å². The monoisotopic (exact) mass is 284 g/mol. The Balaban J connectivity index is 1.76. The Morgan fingerprint density at radius 1 is 1.29 bits per heavy atom. The third-order valence-electron chi connectivity index (χ3n) is 3.81. The molecule has 21 heavy (non-hydrogen) atoms. The van der Waals surface area contributed by atoms with Gasteiger partial charge in [-0.15, -0.1) is 0 Å². The van der Waals surface area contributed by atoms with Crippen LogP contribution in [0.1, 0.15) is 24.6 Å². The topological polar surface area (TPSA) is 52.7 Å². The molecule has 1 aromatic carbocycles. The van der Waals surface area contributed by atoms with E-state index in [1.54, 1.807) is 6.20 Å². The molecule has 1 aliphatic rings. The van der Waals surface area contributed by atoms with Crippen molar-refractivity contribution in [3.63, 3.8) is 0 Å². The first-order valence-corrected chi connectivity index (χ1v) is 6.88. The summed E-state index contributed by atoms with van der Waals surface area (Å²) < 4.78 is 16.8. The predicted molar refractivity (Wildman–Crippen MR) is 75.6 cm³/mol. The van der Waals surface area contributed by atoms with E-state index in [0.29, 0.717) is 23.5 Å². The maximum absolute atomic E-state index is 13.2. The van der Waals surface area contributed by atoms with E-state index < -0.39 is 0 Å². The number of imidazole rings is 1. The SMILES string of the molecule is O=c1c2ccc(F)cc2ncn1Cc1cncn1C1CC1. The fraction of sp³-hybridized carbons (Fsp3) is 0.267. The summed E-state index contributed by atoms with van der Waals surface area (Å²) in [5.74, 6) is -0.390. The fourth-order valence-electron chi connectivity index (χ4n) is 2.55. The number of rotatable bonds is 3. The number of benzene rings is 1. The van der Waals surface area contributed by atoms with Crippen LogP contribution in [0.4, 0.5) is 4.39 Å². The number of halogens is 1. The largest absolute Gasteiger partial charge is 0.330 e. The van der Waals surface area contributed by atoms with Crippen molar-refractivity contribution < 1.29 is 4.39 Å². The Kier molecular flexibility index (Phi) is 2.63. The molecule has 0 spiro atoms. The quantitative estimate of drug-likeness (QED) is 0.740. The average molecular weight is 284 g/mol. The molecule has 2 aromatic heterocycles. The smallest absolute Gasteiger partial charge is 0.261 e. The van der Waals surface area contributed by atoms with Gasteiger partial charge >= 0.3 is 0 Å². The molecule has 0 atom stereocenters. The maximum atomic E-state index is 13.2. The second-order valence-corrected chi connectivity index (χ2v) is 5.36. The number of nitrogens with zero attached hydrogens (tertiary/aromatic N) is 4. The number of fused-ring (bicyclic) bond motifs is 1. The molecule has 0 amide bonds. The van der Waals surface area contributed by atoms with Crippen molar-refractivity contribution in [2.24, 2.45) is 0 Å². The standard InChI is InChI=1S/C15H13FN4O/c16-10-1-4-13-14(5-10)18-9-19(15(13)21)7-12-6-17-8-20(12)11-2-3-11/h1,4-6,8-9,11H,2-3,7H2. The molecule has 1 fully saturated rings. The second-order valence-electron chi connectivity index (χ2n) is 5.36. The predicted octanol–water partition coefficient (Wildman–Crippen LogP) is 2.12. The van der Waals surface area contributed by atoms with Crippen LogP contribution in [0.3, 0.4) is 0 Å². The summed E-state index contributed by atoms with van der Waals surface area (Å²) in [7, 11) is 0. The minimum absolute atomic E-state index is 0.163. The van der Waals surface area contributed by atoms with Gasteiger partial charge in [-0.1, -0.05) is 0 Å². The van der Waals surface area contributed by atoms with Crippen molar-refractivity contribution in [1.82, 2.24) is 19.1 Å². The summed E-state index contributed by atoms with van der Waals surface area (Å²) in [6.07, 6.45) is 7.37. The summed E-state index contributed by atoms with van der Waals surface area (Å²) in [4.78, 5) is 20.8. The zero-order valence-corrected chi connectivity index (χ0v) is 11.2.